The van der Waals surface area contributed by atoms with E-state index < -0.39 is 0 Å². The molecule has 2 rings (SSSR count). The standard InChI is InChI=1S/C15H25N3/c1-4-5-14-11-18(15(2,3)12-17-14)10-13-6-8-16-9-7-13/h6-9,14,17H,4-5,10-12H2,1-3H3. The van der Waals surface area contributed by atoms with Crippen molar-refractivity contribution >= 4 is 0 Å². The van der Waals surface area contributed by atoms with E-state index in [-0.39, 0.29) is 5.54 Å². The molecule has 0 spiro atoms. The molecule has 0 aliphatic carbocycles. The SMILES string of the molecule is CCCC1CN(Cc2ccncc2)C(C)(C)CN1. The maximum Gasteiger partial charge on any atom is 0.0281 e. The van der Waals surface area contributed by atoms with Crippen molar-refractivity contribution in [2.24, 2.45) is 0 Å². The van der Waals surface area contributed by atoms with E-state index in [9.17, 15) is 0 Å². The highest BCUT2D eigenvalue weighted by molar-refractivity contribution is 5.11. The van der Waals surface area contributed by atoms with Crippen molar-refractivity contribution in [1.29, 1.82) is 0 Å². The third-order valence-corrected chi connectivity index (χ3v) is 3.88. The third-order valence-electron chi connectivity index (χ3n) is 3.88. The van der Waals surface area contributed by atoms with Crippen molar-refractivity contribution in [3.63, 3.8) is 0 Å². The van der Waals surface area contributed by atoms with Crippen LogP contribution in [0, 0.1) is 0 Å². The van der Waals surface area contributed by atoms with Gasteiger partial charge in [-0.05, 0) is 38.0 Å². The van der Waals surface area contributed by atoms with Crippen molar-refractivity contribution in [3.8, 4) is 0 Å². The highest BCUT2D eigenvalue weighted by Gasteiger charge is 2.33. The lowest BCUT2D eigenvalue weighted by Gasteiger charge is -2.46. The Kier molecular flexibility index (Phi) is 4.36. The molecule has 100 valence electrons. The van der Waals surface area contributed by atoms with Gasteiger partial charge in [-0.3, -0.25) is 9.88 Å². The molecule has 1 N–H and O–H groups in total. The maximum atomic E-state index is 4.09. The molecule has 1 saturated heterocycles. The molecule has 0 bridgehead atoms. The Morgan fingerprint density at radius 1 is 1.39 bits per heavy atom. The Morgan fingerprint density at radius 3 is 2.78 bits per heavy atom. The highest BCUT2D eigenvalue weighted by atomic mass is 15.3. The molecular formula is C15H25N3. The third kappa shape index (κ3) is 3.30. The molecule has 1 aromatic heterocycles. The first-order valence-corrected chi connectivity index (χ1v) is 6.99. The summed E-state index contributed by atoms with van der Waals surface area (Å²) in [5, 5.41) is 3.67. The number of pyridine rings is 1. The lowest BCUT2D eigenvalue weighted by Crippen LogP contribution is -2.61. The van der Waals surface area contributed by atoms with E-state index in [1.807, 2.05) is 12.4 Å². The molecule has 1 aliphatic heterocycles. The summed E-state index contributed by atoms with van der Waals surface area (Å²) in [5.41, 5.74) is 1.59. The monoisotopic (exact) mass is 247 g/mol. The Hall–Kier alpha value is -0.930. The largest absolute Gasteiger partial charge is 0.311 e. The summed E-state index contributed by atoms with van der Waals surface area (Å²) in [6.45, 7) is 10.1. The van der Waals surface area contributed by atoms with Gasteiger partial charge in [-0.2, -0.15) is 0 Å². The first-order valence-electron chi connectivity index (χ1n) is 6.99. The van der Waals surface area contributed by atoms with Gasteiger partial charge >= 0.3 is 0 Å². The Morgan fingerprint density at radius 2 is 2.11 bits per heavy atom. The molecule has 1 fully saturated rings. The van der Waals surface area contributed by atoms with Crippen LogP contribution in [0.15, 0.2) is 24.5 Å². The number of rotatable bonds is 4. The van der Waals surface area contributed by atoms with Crippen molar-refractivity contribution in [3.05, 3.63) is 30.1 Å². The summed E-state index contributed by atoms with van der Waals surface area (Å²) < 4.78 is 0. The number of aromatic nitrogens is 1. The topological polar surface area (TPSA) is 28.2 Å². The summed E-state index contributed by atoms with van der Waals surface area (Å²) in [7, 11) is 0. The summed E-state index contributed by atoms with van der Waals surface area (Å²) in [5.74, 6) is 0. The summed E-state index contributed by atoms with van der Waals surface area (Å²) in [4.78, 5) is 6.68. The Bertz CT molecular complexity index is 361. The summed E-state index contributed by atoms with van der Waals surface area (Å²) in [6, 6.07) is 4.88. The van der Waals surface area contributed by atoms with Crippen LogP contribution in [0.25, 0.3) is 0 Å². The van der Waals surface area contributed by atoms with Crippen LogP contribution >= 0.6 is 0 Å². The van der Waals surface area contributed by atoms with Crippen LogP contribution in [0.4, 0.5) is 0 Å². The summed E-state index contributed by atoms with van der Waals surface area (Å²) >= 11 is 0. The summed E-state index contributed by atoms with van der Waals surface area (Å²) in [6.07, 6.45) is 6.28. The predicted molar refractivity (Wildman–Crippen MR) is 75.4 cm³/mol. The van der Waals surface area contributed by atoms with Gasteiger partial charge in [-0.25, -0.2) is 0 Å². The van der Waals surface area contributed by atoms with E-state index >= 15 is 0 Å². The molecule has 1 aliphatic rings. The zero-order chi connectivity index (χ0) is 13.0. The molecule has 1 atom stereocenters. The lowest BCUT2D eigenvalue weighted by molar-refractivity contribution is 0.0563. The molecule has 18 heavy (non-hydrogen) atoms. The average molecular weight is 247 g/mol. The van der Waals surface area contributed by atoms with Gasteiger partial charge in [0.05, 0.1) is 0 Å². The van der Waals surface area contributed by atoms with Gasteiger partial charge < -0.3 is 5.32 Å². The van der Waals surface area contributed by atoms with Crippen molar-refractivity contribution < 1.29 is 0 Å². The quantitative estimate of drug-likeness (QED) is 0.885. The van der Waals surface area contributed by atoms with Gasteiger partial charge in [0.25, 0.3) is 0 Å². The predicted octanol–water partition coefficient (Wildman–Crippen LogP) is 2.43. The number of nitrogens with zero attached hydrogens (tertiary/aromatic N) is 2. The van der Waals surface area contributed by atoms with Gasteiger partial charge in [0.1, 0.15) is 0 Å². The van der Waals surface area contributed by atoms with Crippen LogP contribution in [-0.2, 0) is 6.54 Å². The van der Waals surface area contributed by atoms with Gasteiger partial charge in [0.2, 0.25) is 0 Å². The minimum absolute atomic E-state index is 0.230. The van der Waals surface area contributed by atoms with Crippen molar-refractivity contribution in [2.45, 2.75) is 51.7 Å². The average Bonchev–Trinajstić information content (AvgIpc) is 2.35. The second-order valence-corrected chi connectivity index (χ2v) is 5.91. The zero-order valence-corrected chi connectivity index (χ0v) is 11.8. The molecular weight excluding hydrogens is 222 g/mol. The fourth-order valence-corrected chi connectivity index (χ4v) is 2.61. The van der Waals surface area contributed by atoms with Crippen molar-refractivity contribution in [1.82, 2.24) is 15.2 Å². The maximum absolute atomic E-state index is 4.09. The Labute approximate surface area is 111 Å². The molecule has 0 aromatic carbocycles. The van der Waals surface area contributed by atoms with E-state index in [1.54, 1.807) is 0 Å². The van der Waals surface area contributed by atoms with Gasteiger partial charge in [-0.1, -0.05) is 13.3 Å². The zero-order valence-electron chi connectivity index (χ0n) is 11.8. The van der Waals surface area contributed by atoms with Gasteiger partial charge in [0, 0.05) is 43.6 Å². The van der Waals surface area contributed by atoms with Crippen molar-refractivity contribution in [2.75, 3.05) is 13.1 Å². The molecule has 2 heterocycles. The molecule has 1 unspecified atom stereocenters. The van der Waals surface area contributed by atoms with Gasteiger partial charge in [-0.15, -0.1) is 0 Å². The van der Waals surface area contributed by atoms with Crippen LogP contribution < -0.4 is 5.32 Å². The second kappa shape index (κ2) is 5.81. The Balaban J connectivity index is 2.03. The minimum Gasteiger partial charge on any atom is -0.311 e. The molecule has 1 aromatic rings. The van der Waals surface area contributed by atoms with E-state index in [0.29, 0.717) is 6.04 Å². The normalized spacial score (nSPS) is 24.1. The van der Waals surface area contributed by atoms with Crippen LogP contribution in [0.3, 0.4) is 0 Å². The smallest absolute Gasteiger partial charge is 0.0281 e. The first-order chi connectivity index (χ1) is 8.62. The lowest BCUT2D eigenvalue weighted by atomic mass is 9.95. The number of piperazine rings is 1. The molecule has 0 saturated carbocycles. The van der Waals surface area contributed by atoms with E-state index in [4.69, 9.17) is 0 Å². The minimum atomic E-state index is 0.230. The molecule has 3 heteroatoms. The highest BCUT2D eigenvalue weighted by Crippen LogP contribution is 2.22. The number of hydrogen-bond donors (Lipinski definition) is 1. The van der Waals surface area contributed by atoms with E-state index in [2.05, 4.69) is 48.1 Å². The van der Waals surface area contributed by atoms with E-state index in [1.165, 1.54) is 18.4 Å². The second-order valence-electron chi connectivity index (χ2n) is 5.91. The van der Waals surface area contributed by atoms with Crippen LogP contribution in [0.2, 0.25) is 0 Å². The molecule has 3 nitrogen and oxygen atoms in total. The van der Waals surface area contributed by atoms with Gasteiger partial charge in [0.15, 0.2) is 0 Å². The number of hydrogen-bond acceptors (Lipinski definition) is 3. The van der Waals surface area contributed by atoms with Crippen LogP contribution in [0.5, 0.6) is 0 Å². The molecule has 0 radical (unpaired) electrons. The van der Waals surface area contributed by atoms with E-state index in [0.717, 1.165) is 19.6 Å². The fraction of sp³-hybridized carbons (Fsp3) is 0.667. The molecule has 0 amide bonds. The number of nitrogens with one attached hydrogen (secondary N) is 1. The fourth-order valence-electron chi connectivity index (χ4n) is 2.61. The first kappa shape index (κ1) is 13.5. The van der Waals surface area contributed by atoms with Crippen LogP contribution in [-0.4, -0.2) is 34.6 Å². The van der Waals surface area contributed by atoms with Crippen LogP contribution in [0.1, 0.15) is 39.2 Å².